The Balaban J connectivity index is 2.82. The summed E-state index contributed by atoms with van der Waals surface area (Å²) in [6.07, 6.45) is 5.02. The van der Waals surface area contributed by atoms with Gasteiger partial charge in [0.05, 0.1) is 5.92 Å². The Morgan fingerprint density at radius 3 is 2.30 bits per heavy atom. The molecular formula is C16H29NO3. The molecule has 1 fully saturated rings. The maximum Gasteiger partial charge on any atom is 0.308 e. The van der Waals surface area contributed by atoms with E-state index in [1.807, 2.05) is 18.7 Å². The summed E-state index contributed by atoms with van der Waals surface area (Å²) in [5, 5.41) is 9.12. The molecule has 1 N–H and O–H groups in total. The smallest absolute Gasteiger partial charge is 0.308 e. The highest BCUT2D eigenvalue weighted by Crippen LogP contribution is 2.29. The van der Waals surface area contributed by atoms with Crippen LogP contribution in [0.1, 0.15) is 59.8 Å². The van der Waals surface area contributed by atoms with Crippen LogP contribution < -0.4 is 0 Å². The third-order valence-corrected chi connectivity index (χ3v) is 4.26. The second-order valence-electron chi connectivity index (χ2n) is 6.71. The molecule has 0 heterocycles. The van der Waals surface area contributed by atoms with Gasteiger partial charge in [0.1, 0.15) is 0 Å². The number of carboxylic acids is 1. The maximum atomic E-state index is 12.5. The van der Waals surface area contributed by atoms with Crippen molar-refractivity contribution < 1.29 is 14.7 Å². The number of aliphatic carboxylic acids is 1. The number of nitrogens with zero attached hydrogens (tertiary/aromatic N) is 1. The molecule has 0 radical (unpaired) electrons. The van der Waals surface area contributed by atoms with Gasteiger partial charge in [0.2, 0.25) is 5.91 Å². The molecule has 4 nitrogen and oxygen atoms in total. The lowest BCUT2D eigenvalue weighted by Crippen LogP contribution is -2.48. The highest BCUT2D eigenvalue weighted by Gasteiger charge is 2.32. The molecule has 3 unspecified atom stereocenters. The van der Waals surface area contributed by atoms with Gasteiger partial charge < -0.3 is 10.0 Å². The van der Waals surface area contributed by atoms with Gasteiger partial charge in [-0.1, -0.05) is 40.5 Å². The first kappa shape index (κ1) is 17.0. The molecular weight excluding hydrogens is 254 g/mol. The lowest BCUT2D eigenvalue weighted by atomic mass is 9.84. The Morgan fingerprint density at radius 1 is 1.20 bits per heavy atom. The van der Waals surface area contributed by atoms with Crippen LogP contribution in [0.15, 0.2) is 0 Å². The van der Waals surface area contributed by atoms with Gasteiger partial charge in [0.15, 0.2) is 0 Å². The minimum atomic E-state index is -0.823. The van der Waals surface area contributed by atoms with Crippen LogP contribution >= 0.6 is 0 Å². The standard InChI is InChI=1S/C16H29NO3/c1-11(2)9-15(18)17(10-13(4)16(19)20)14-8-6-5-7-12(14)3/h11-14H,5-10H2,1-4H3,(H,19,20). The summed E-state index contributed by atoms with van der Waals surface area (Å²) in [5.41, 5.74) is 0. The summed E-state index contributed by atoms with van der Waals surface area (Å²) in [4.78, 5) is 25.5. The number of carbonyl (C=O) groups is 2. The lowest BCUT2D eigenvalue weighted by molar-refractivity contribution is -0.145. The SMILES string of the molecule is CC(C)CC(=O)N(CC(C)C(=O)O)C1CCCCC1C. The van der Waals surface area contributed by atoms with Gasteiger partial charge in [0, 0.05) is 19.0 Å². The van der Waals surface area contributed by atoms with Crippen LogP contribution in [-0.4, -0.2) is 34.5 Å². The topological polar surface area (TPSA) is 57.6 Å². The zero-order valence-corrected chi connectivity index (χ0v) is 13.3. The van der Waals surface area contributed by atoms with Crippen molar-refractivity contribution in [1.29, 1.82) is 0 Å². The molecule has 20 heavy (non-hydrogen) atoms. The Kier molecular flexibility index (Phi) is 6.50. The fraction of sp³-hybridized carbons (Fsp3) is 0.875. The van der Waals surface area contributed by atoms with E-state index in [0.717, 1.165) is 19.3 Å². The number of amides is 1. The van der Waals surface area contributed by atoms with Crippen molar-refractivity contribution >= 4 is 11.9 Å². The maximum absolute atomic E-state index is 12.5. The predicted molar refractivity (Wildman–Crippen MR) is 79.4 cm³/mol. The van der Waals surface area contributed by atoms with E-state index in [-0.39, 0.29) is 11.9 Å². The lowest BCUT2D eigenvalue weighted by Gasteiger charge is -2.39. The van der Waals surface area contributed by atoms with E-state index < -0.39 is 11.9 Å². The summed E-state index contributed by atoms with van der Waals surface area (Å²) in [6.45, 7) is 8.27. The molecule has 1 aliphatic rings. The molecule has 0 saturated heterocycles. The van der Waals surface area contributed by atoms with Crippen molar-refractivity contribution in [2.24, 2.45) is 17.8 Å². The third kappa shape index (κ3) is 4.80. The van der Waals surface area contributed by atoms with Crippen LogP contribution in [0.4, 0.5) is 0 Å². The molecule has 1 amide bonds. The molecule has 0 aliphatic heterocycles. The van der Waals surface area contributed by atoms with Crippen molar-refractivity contribution in [2.75, 3.05) is 6.54 Å². The van der Waals surface area contributed by atoms with Crippen LogP contribution in [0, 0.1) is 17.8 Å². The van der Waals surface area contributed by atoms with E-state index >= 15 is 0 Å². The molecule has 1 aliphatic carbocycles. The van der Waals surface area contributed by atoms with Crippen LogP contribution in [-0.2, 0) is 9.59 Å². The van der Waals surface area contributed by atoms with E-state index in [0.29, 0.717) is 24.8 Å². The fourth-order valence-electron chi connectivity index (χ4n) is 3.02. The minimum Gasteiger partial charge on any atom is -0.481 e. The number of rotatable bonds is 6. The van der Waals surface area contributed by atoms with Gasteiger partial charge in [0.25, 0.3) is 0 Å². The highest BCUT2D eigenvalue weighted by atomic mass is 16.4. The van der Waals surface area contributed by atoms with E-state index in [4.69, 9.17) is 5.11 Å². The molecule has 0 aromatic heterocycles. The van der Waals surface area contributed by atoms with Crippen molar-refractivity contribution in [2.45, 2.75) is 65.8 Å². The Labute approximate surface area is 122 Å². The van der Waals surface area contributed by atoms with Gasteiger partial charge >= 0.3 is 5.97 Å². The molecule has 0 aromatic rings. The molecule has 0 spiro atoms. The van der Waals surface area contributed by atoms with E-state index in [2.05, 4.69) is 6.92 Å². The van der Waals surface area contributed by atoms with Gasteiger partial charge in [-0.15, -0.1) is 0 Å². The molecule has 3 atom stereocenters. The van der Waals surface area contributed by atoms with E-state index in [1.165, 1.54) is 6.42 Å². The van der Waals surface area contributed by atoms with E-state index in [1.54, 1.807) is 6.92 Å². The highest BCUT2D eigenvalue weighted by molar-refractivity contribution is 5.78. The zero-order valence-electron chi connectivity index (χ0n) is 13.3. The van der Waals surface area contributed by atoms with Crippen LogP contribution in [0.3, 0.4) is 0 Å². The van der Waals surface area contributed by atoms with Crippen molar-refractivity contribution in [1.82, 2.24) is 4.90 Å². The molecule has 0 bridgehead atoms. The van der Waals surface area contributed by atoms with Crippen molar-refractivity contribution in [3.05, 3.63) is 0 Å². The van der Waals surface area contributed by atoms with Crippen LogP contribution in [0.5, 0.6) is 0 Å². The van der Waals surface area contributed by atoms with Gasteiger partial charge in [-0.05, 0) is 24.7 Å². The first-order valence-corrected chi connectivity index (χ1v) is 7.85. The quantitative estimate of drug-likeness (QED) is 0.814. The second-order valence-corrected chi connectivity index (χ2v) is 6.71. The number of hydrogen-bond donors (Lipinski definition) is 1. The van der Waals surface area contributed by atoms with E-state index in [9.17, 15) is 9.59 Å². The summed E-state index contributed by atoms with van der Waals surface area (Å²) in [6, 6.07) is 0.219. The Bertz CT molecular complexity index is 341. The molecule has 0 aromatic carbocycles. The first-order chi connectivity index (χ1) is 9.32. The molecule has 4 heteroatoms. The van der Waals surface area contributed by atoms with Gasteiger partial charge in [-0.3, -0.25) is 9.59 Å². The summed E-state index contributed by atoms with van der Waals surface area (Å²) in [5.74, 6) is -0.423. The number of hydrogen-bond acceptors (Lipinski definition) is 2. The zero-order chi connectivity index (χ0) is 15.3. The average Bonchev–Trinajstić information content (AvgIpc) is 2.35. The van der Waals surface area contributed by atoms with Crippen molar-refractivity contribution in [3.8, 4) is 0 Å². The minimum absolute atomic E-state index is 0.117. The average molecular weight is 283 g/mol. The normalized spacial score (nSPS) is 24.4. The summed E-state index contributed by atoms with van der Waals surface area (Å²) < 4.78 is 0. The predicted octanol–water partition coefficient (Wildman–Crippen LogP) is 3.16. The monoisotopic (exact) mass is 283 g/mol. The van der Waals surface area contributed by atoms with Crippen LogP contribution in [0.2, 0.25) is 0 Å². The van der Waals surface area contributed by atoms with Gasteiger partial charge in [-0.2, -0.15) is 0 Å². The first-order valence-electron chi connectivity index (χ1n) is 7.85. The third-order valence-electron chi connectivity index (χ3n) is 4.26. The Morgan fingerprint density at radius 2 is 1.80 bits per heavy atom. The second kappa shape index (κ2) is 7.65. The number of carbonyl (C=O) groups excluding carboxylic acids is 1. The van der Waals surface area contributed by atoms with Gasteiger partial charge in [-0.25, -0.2) is 0 Å². The van der Waals surface area contributed by atoms with Crippen molar-refractivity contribution in [3.63, 3.8) is 0 Å². The Hall–Kier alpha value is -1.06. The number of carboxylic acid groups (broad SMARTS) is 1. The summed E-state index contributed by atoms with van der Waals surface area (Å²) in [7, 11) is 0. The molecule has 1 saturated carbocycles. The largest absolute Gasteiger partial charge is 0.481 e. The van der Waals surface area contributed by atoms with Crippen LogP contribution in [0.25, 0.3) is 0 Å². The molecule has 116 valence electrons. The molecule has 1 rings (SSSR count). The summed E-state index contributed by atoms with van der Waals surface area (Å²) >= 11 is 0. The fourth-order valence-corrected chi connectivity index (χ4v) is 3.02.